The number of halogens is 2. The highest BCUT2D eigenvalue weighted by molar-refractivity contribution is 6.02. The predicted molar refractivity (Wildman–Crippen MR) is 140 cm³/mol. The van der Waals surface area contributed by atoms with Crippen LogP contribution in [0, 0.1) is 17.0 Å². The van der Waals surface area contributed by atoms with E-state index in [0.717, 1.165) is 33.6 Å². The molecule has 0 spiro atoms. The van der Waals surface area contributed by atoms with E-state index in [-0.39, 0.29) is 17.7 Å². The van der Waals surface area contributed by atoms with E-state index < -0.39 is 29.1 Å². The average molecular weight is 524 g/mol. The van der Waals surface area contributed by atoms with Crippen LogP contribution < -0.4 is 0 Å². The first-order chi connectivity index (χ1) is 17.9. The molecule has 200 valence electrons. The molecule has 2 aromatic heterocycles. The van der Waals surface area contributed by atoms with Gasteiger partial charge in [0.15, 0.2) is 17.7 Å². The first-order valence-electron chi connectivity index (χ1n) is 12.7. The molecular formula is C29H31F2N3O4. The van der Waals surface area contributed by atoms with Crippen molar-refractivity contribution in [2.45, 2.75) is 59.0 Å². The van der Waals surface area contributed by atoms with E-state index in [9.17, 15) is 18.4 Å². The molecule has 3 heterocycles. The lowest BCUT2D eigenvalue weighted by Crippen LogP contribution is -2.27. The van der Waals surface area contributed by atoms with Crippen molar-refractivity contribution in [3.05, 3.63) is 59.4 Å². The molecular weight excluding hydrogens is 492 g/mol. The molecule has 1 aliphatic rings. The number of methoxy groups -OCH3 is 1. The van der Waals surface area contributed by atoms with Gasteiger partial charge in [-0.2, -0.15) is 9.78 Å². The molecule has 0 N–H and O–H groups in total. The summed E-state index contributed by atoms with van der Waals surface area (Å²) >= 11 is 0. The fourth-order valence-electron chi connectivity index (χ4n) is 5.35. The van der Waals surface area contributed by atoms with Crippen LogP contribution in [0.2, 0.25) is 0 Å². The van der Waals surface area contributed by atoms with Crippen molar-refractivity contribution >= 4 is 33.7 Å². The van der Waals surface area contributed by atoms with Crippen LogP contribution >= 0.6 is 0 Å². The van der Waals surface area contributed by atoms with Crippen LogP contribution in [0.3, 0.4) is 0 Å². The van der Waals surface area contributed by atoms with Crippen LogP contribution in [0.1, 0.15) is 68.9 Å². The third kappa shape index (κ3) is 4.18. The number of ether oxygens (including phenoxy) is 2. The molecule has 1 saturated heterocycles. The van der Waals surface area contributed by atoms with E-state index in [1.807, 2.05) is 51.3 Å². The van der Waals surface area contributed by atoms with E-state index in [1.54, 1.807) is 12.3 Å². The number of rotatable bonds is 4. The number of aromatic nitrogens is 3. The van der Waals surface area contributed by atoms with Crippen LogP contribution in [-0.4, -0.2) is 46.0 Å². The summed E-state index contributed by atoms with van der Waals surface area (Å²) in [4.78, 5) is 25.4. The summed E-state index contributed by atoms with van der Waals surface area (Å²) in [6.45, 7) is 9.89. The van der Waals surface area contributed by atoms with Gasteiger partial charge in [0.25, 0.3) is 5.91 Å². The molecule has 2 atom stereocenters. The smallest absolute Gasteiger partial charge is 0.334 e. The summed E-state index contributed by atoms with van der Waals surface area (Å²) < 4.78 is 42.4. The van der Waals surface area contributed by atoms with Crippen LogP contribution in [0.5, 0.6) is 0 Å². The minimum Gasteiger partial charge on any atom is -0.467 e. The Labute approximate surface area is 219 Å². The summed E-state index contributed by atoms with van der Waals surface area (Å²) in [7, 11) is 1.33. The Morgan fingerprint density at radius 3 is 2.47 bits per heavy atom. The molecule has 9 heteroatoms. The van der Waals surface area contributed by atoms with Gasteiger partial charge in [-0.3, -0.25) is 4.79 Å². The molecule has 2 aromatic carbocycles. The minimum absolute atomic E-state index is 0.0153. The van der Waals surface area contributed by atoms with Crippen LogP contribution in [0.4, 0.5) is 8.78 Å². The van der Waals surface area contributed by atoms with Crippen LogP contribution in [0.15, 0.2) is 36.5 Å². The van der Waals surface area contributed by atoms with Gasteiger partial charge in [0, 0.05) is 39.6 Å². The van der Waals surface area contributed by atoms with Gasteiger partial charge in [0.05, 0.1) is 30.9 Å². The number of benzene rings is 2. The lowest BCUT2D eigenvalue weighted by atomic mass is 9.90. The zero-order chi connectivity index (χ0) is 27.5. The number of carbonyl (C=O) groups is 2. The molecule has 7 nitrogen and oxygen atoms in total. The summed E-state index contributed by atoms with van der Waals surface area (Å²) in [6.07, 6.45) is 1.37. The highest BCUT2D eigenvalue weighted by Gasteiger charge is 2.37. The molecule has 4 aromatic rings. The van der Waals surface area contributed by atoms with Gasteiger partial charge in [-0.25, -0.2) is 13.6 Å². The Morgan fingerprint density at radius 2 is 1.84 bits per heavy atom. The molecule has 1 aliphatic heterocycles. The van der Waals surface area contributed by atoms with E-state index in [4.69, 9.17) is 9.47 Å². The van der Waals surface area contributed by atoms with E-state index in [2.05, 4.69) is 5.10 Å². The Morgan fingerprint density at radius 1 is 1.11 bits per heavy atom. The average Bonchev–Trinajstić information content (AvgIpc) is 3.58. The van der Waals surface area contributed by atoms with Gasteiger partial charge < -0.3 is 14.0 Å². The quantitative estimate of drug-likeness (QED) is 0.302. The maximum atomic E-state index is 14.4. The number of esters is 1. The molecule has 5 rings (SSSR count). The third-order valence-electron chi connectivity index (χ3n) is 7.15. The molecule has 0 bridgehead atoms. The zero-order valence-corrected chi connectivity index (χ0v) is 22.3. The summed E-state index contributed by atoms with van der Waals surface area (Å²) in [5, 5.41) is 5.97. The van der Waals surface area contributed by atoms with Gasteiger partial charge in [-0.05, 0) is 42.2 Å². The van der Waals surface area contributed by atoms with Gasteiger partial charge in [-0.15, -0.1) is 0 Å². The van der Waals surface area contributed by atoms with Crippen molar-refractivity contribution in [1.29, 1.82) is 0 Å². The Balaban J connectivity index is 1.83. The second kappa shape index (κ2) is 9.31. The standard InChI is InChI=1S/C29H31F2N3O4/c1-15(2)26-25(17-10-24(38-14-17)27(35)37-6)19-12-22-16(13-32-34(22)28(36)29(3,4)5)9-23(19)33(26)18-7-8-20(30)21(31)11-18/h7-9,11-13,15,17,24H,10,14H2,1-6H3. The second-order valence-electron chi connectivity index (χ2n) is 11.2. The van der Waals surface area contributed by atoms with Crippen molar-refractivity contribution < 1.29 is 27.8 Å². The van der Waals surface area contributed by atoms with Gasteiger partial charge in [0.2, 0.25) is 0 Å². The molecule has 2 unspecified atom stereocenters. The molecule has 0 radical (unpaired) electrons. The molecule has 0 saturated carbocycles. The fraction of sp³-hybridized carbons (Fsp3) is 0.414. The Bertz CT molecular complexity index is 1580. The van der Waals surface area contributed by atoms with Crippen LogP contribution in [0.25, 0.3) is 27.5 Å². The number of hydrogen-bond acceptors (Lipinski definition) is 5. The number of fused-ring (bicyclic) bond motifs is 2. The fourth-order valence-corrected chi connectivity index (χ4v) is 5.35. The predicted octanol–water partition coefficient (Wildman–Crippen LogP) is 6.11. The first-order valence-corrected chi connectivity index (χ1v) is 12.7. The first kappa shape index (κ1) is 26.0. The number of nitrogens with zero attached hydrogens (tertiary/aromatic N) is 3. The highest BCUT2D eigenvalue weighted by atomic mass is 19.2. The Kier molecular flexibility index (Phi) is 6.38. The van der Waals surface area contributed by atoms with Crippen LogP contribution in [-0.2, 0) is 14.3 Å². The van der Waals surface area contributed by atoms with Crippen molar-refractivity contribution in [1.82, 2.24) is 14.3 Å². The lowest BCUT2D eigenvalue weighted by Gasteiger charge is -2.18. The van der Waals surface area contributed by atoms with E-state index in [1.165, 1.54) is 17.9 Å². The van der Waals surface area contributed by atoms with Gasteiger partial charge in [-0.1, -0.05) is 34.6 Å². The van der Waals surface area contributed by atoms with Crippen molar-refractivity contribution in [3.63, 3.8) is 0 Å². The monoisotopic (exact) mass is 523 g/mol. The Hall–Kier alpha value is -3.59. The van der Waals surface area contributed by atoms with Gasteiger partial charge in [0.1, 0.15) is 0 Å². The molecule has 0 amide bonds. The van der Waals surface area contributed by atoms with Gasteiger partial charge >= 0.3 is 5.97 Å². The normalized spacial score (nSPS) is 18.1. The summed E-state index contributed by atoms with van der Waals surface area (Å²) in [5.41, 5.74) is 3.10. The molecule has 38 heavy (non-hydrogen) atoms. The molecule has 0 aliphatic carbocycles. The number of carbonyl (C=O) groups excluding carboxylic acids is 2. The lowest BCUT2D eigenvalue weighted by molar-refractivity contribution is -0.151. The highest BCUT2D eigenvalue weighted by Crippen LogP contribution is 2.44. The maximum Gasteiger partial charge on any atom is 0.334 e. The van der Waals surface area contributed by atoms with E-state index >= 15 is 0 Å². The summed E-state index contributed by atoms with van der Waals surface area (Å²) in [6, 6.07) is 7.71. The third-order valence-corrected chi connectivity index (χ3v) is 7.15. The summed E-state index contributed by atoms with van der Waals surface area (Å²) in [5.74, 6) is -2.62. The largest absolute Gasteiger partial charge is 0.467 e. The van der Waals surface area contributed by atoms with E-state index in [0.29, 0.717) is 24.2 Å². The van der Waals surface area contributed by atoms with Crippen molar-refractivity contribution in [3.8, 4) is 5.69 Å². The second-order valence-corrected chi connectivity index (χ2v) is 11.2. The minimum atomic E-state index is -0.944. The van der Waals surface area contributed by atoms with Crippen molar-refractivity contribution in [2.24, 2.45) is 5.41 Å². The SMILES string of the molecule is COC(=O)C1CC(c2c(C(C)C)n(-c3ccc(F)c(F)c3)c3cc4cnn(C(=O)C(C)(C)C)c4cc23)CO1. The topological polar surface area (TPSA) is 75.4 Å². The molecule has 1 fully saturated rings. The maximum absolute atomic E-state index is 14.4. The zero-order valence-electron chi connectivity index (χ0n) is 22.3. The number of hydrogen-bond donors (Lipinski definition) is 0. The van der Waals surface area contributed by atoms with Crippen molar-refractivity contribution in [2.75, 3.05) is 13.7 Å².